The number of hydrogen-bond donors (Lipinski definition) is 0. The Morgan fingerprint density at radius 2 is 1.96 bits per heavy atom. The van der Waals surface area contributed by atoms with Crippen LogP contribution in [0.2, 0.25) is 5.02 Å². The molecule has 2 aromatic heterocycles. The molecule has 0 spiro atoms. The molecule has 25 heavy (non-hydrogen) atoms. The van der Waals surface area contributed by atoms with Gasteiger partial charge in [-0.2, -0.15) is 0 Å². The van der Waals surface area contributed by atoms with Gasteiger partial charge in [0, 0.05) is 18.9 Å². The number of nitrogens with zero attached hydrogens (tertiary/aromatic N) is 4. The smallest absolute Gasteiger partial charge is 0.280 e. The minimum Gasteiger partial charge on any atom is -0.280 e. The van der Waals surface area contributed by atoms with Gasteiger partial charge in [-0.05, 0) is 37.0 Å². The summed E-state index contributed by atoms with van der Waals surface area (Å²) < 4.78 is 17.3. The number of hydrogen-bond acceptors (Lipinski definition) is 3. The lowest BCUT2D eigenvalue weighted by Crippen LogP contribution is -2.25. The maximum Gasteiger partial charge on any atom is 0.350 e. The van der Waals surface area contributed by atoms with Crippen molar-refractivity contribution in [2.75, 3.05) is 0 Å². The fraction of sp³-hybridized carbons (Fsp3) is 0.353. The van der Waals surface area contributed by atoms with Gasteiger partial charge in [0.15, 0.2) is 0 Å². The second-order valence-corrected chi connectivity index (χ2v) is 6.79. The highest BCUT2D eigenvalue weighted by Gasteiger charge is 2.19. The highest BCUT2D eigenvalue weighted by molar-refractivity contribution is 6.30. The maximum absolute atomic E-state index is 13.3. The van der Waals surface area contributed by atoms with Crippen molar-refractivity contribution in [2.24, 2.45) is 5.92 Å². The van der Waals surface area contributed by atoms with Gasteiger partial charge in [-0.15, -0.1) is 5.10 Å². The van der Waals surface area contributed by atoms with Crippen LogP contribution >= 0.6 is 11.6 Å². The molecule has 2 heterocycles. The predicted molar refractivity (Wildman–Crippen MR) is 92.0 cm³/mol. The summed E-state index contributed by atoms with van der Waals surface area (Å²) in [5.74, 6) is -0.127. The quantitative estimate of drug-likeness (QED) is 0.719. The Kier molecular flexibility index (Phi) is 3.95. The molecule has 6 nitrogen and oxygen atoms in total. The zero-order valence-corrected chi connectivity index (χ0v) is 14.1. The van der Waals surface area contributed by atoms with Gasteiger partial charge in [0.05, 0.1) is 10.7 Å². The van der Waals surface area contributed by atoms with Crippen molar-refractivity contribution < 1.29 is 4.39 Å². The van der Waals surface area contributed by atoms with Crippen molar-refractivity contribution >= 4 is 17.2 Å². The third kappa shape index (κ3) is 2.78. The fourth-order valence-corrected chi connectivity index (χ4v) is 3.58. The normalized spacial score (nSPS) is 15.3. The molecular formula is C17H16ClFN4O2. The van der Waals surface area contributed by atoms with E-state index in [-0.39, 0.29) is 16.4 Å². The summed E-state index contributed by atoms with van der Waals surface area (Å²) >= 11 is 5.79. The lowest BCUT2D eigenvalue weighted by atomic mass is 10.1. The van der Waals surface area contributed by atoms with Gasteiger partial charge in [0.2, 0.25) is 5.65 Å². The molecule has 0 amide bonds. The molecular weight excluding hydrogens is 347 g/mol. The topological polar surface area (TPSA) is 61.3 Å². The van der Waals surface area contributed by atoms with Crippen molar-refractivity contribution in [3.05, 3.63) is 62.3 Å². The van der Waals surface area contributed by atoms with Crippen LogP contribution in [0.25, 0.3) is 11.3 Å². The van der Waals surface area contributed by atoms with Gasteiger partial charge in [-0.25, -0.2) is 18.3 Å². The standard InChI is InChI=1S/C17H16ClFN4O2/c18-13-9-12(5-6-14(13)19)21-7-8-22-15(16(21)24)20-23(17(22)25)10-11-3-1-2-4-11/h5-9,11H,1-4,10H2. The largest absolute Gasteiger partial charge is 0.350 e. The Bertz CT molecular complexity index is 1060. The molecule has 0 N–H and O–H groups in total. The van der Waals surface area contributed by atoms with Crippen molar-refractivity contribution in [1.82, 2.24) is 18.7 Å². The summed E-state index contributed by atoms with van der Waals surface area (Å²) in [7, 11) is 0. The van der Waals surface area contributed by atoms with Crippen LogP contribution in [0.15, 0.2) is 40.2 Å². The first kappa shape index (κ1) is 16.1. The summed E-state index contributed by atoms with van der Waals surface area (Å²) in [5.41, 5.74) is -0.307. The van der Waals surface area contributed by atoms with E-state index in [4.69, 9.17) is 11.6 Å². The molecule has 1 aromatic carbocycles. The van der Waals surface area contributed by atoms with Gasteiger partial charge >= 0.3 is 11.2 Å². The summed E-state index contributed by atoms with van der Waals surface area (Å²) in [6, 6.07) is 4.01. The van der Waals surface area contributed by atoms with Crippen LogP contribution < -0.4 is 11.2 Å². The molecule has 130 valence electrons. The first-order valence-corrected chi connectivity index (χ1v) is 8.58. The second kappa shape index (κ2) is 6.15. The third-order valence-electron chi connectivity index (χ3n) is 4.73. The lowest BCUT2D eigenvalue weighted by Gasteiger charge is -2.06. The van der Waals surface area contributed by atoms with Crippen molar-refractivity contribution in [1.29, 1.82) is 0 Å². The van der Waals surface area contributed by atoms with E-state index in [0.29, 0.717) is 18.2 Å². The van der Waals surface area contributed by atoms with E-state index in [0.717, 1.165) is 12.8 Å². The van der Waals surface area contributed by atoms with Gasteiger partial charge < -0.3 is 0 Å². The molecule has 0 unspecified atom stereocenters. The molecule has 4 rings (SSSR count). The summed E-state index contributed by atoms with van der Waals surface area (Å²) in [4.78, 5) is 25.2. The van der Waals surface area contributed by atoms with E-state index >= 15 is 0 Å². The SMILES string of the molecule is O=c1c2nn(CC3CCCC3)c(=O)n2ccn1-c1ccc(F)c(Cl)c1. The lowest BCUT2D eigenvalue weighted by molar-refractivity contribution is 0.420. The first-order valence-electron chi connectivity index (χ1n) is 8.21. The van der Waals surface area contributed by atoms with Crippen LogP contribution in [0.1, 0.15) is 25.7 Å². The molecule has 3 aromatic rings. The van der Waals surface area contributed by atoms with Gasteiger partial charge in [-0.3, -0.25) is 9.36 Å². The van der Waals surface area contributed by atoms with E-state index in [1.807, 2.05) is 0 Å². The molecule has 1 saturated carbocycles. The average Bonchev–Trinajstić information content (AvgIpc) is 3.21. The van der Waals surface area contributed by atoms with Crippen LogP contribution in [0.5, 0.6) is 0 Å². The molecule has 0 aliphatic heterocycles. The van der Waals surface area contributed by atoms with E-state index in [1.165, 1.54) is 57.1 Å². The highest BCUT2D eigenvalue weighted by Crippen LogP contribution is 2.25. The first-order chi connectivity index (χ1) is 12.0. The Morgan fingerprint density at radius 3 is 2.68 bits per heavy atom. The number of aromatic nitrogens is 4. The number of rotatable bonds is 3. The molecule has 1 aliphatic carbocycles. The Balaban J connectivity index is 1.80. The van der Waals surface area contributed by atoms with E-state index < -0.39 is 11.4 Å². The molecule has 8 heteroatoms. The fourth-order valence-electron chi connectivity index (χ4n) is 3.40. The van der Waals surface area contributed by atoms with Crippen LogP contribution in [0.3, 0.4) is 0 Å². The molecule has 1 aliphatic rings. The van der Waals surface area contributed by atoms with Gasteiger partial charge in [0.1, 0.15) is 5.82 Å². The summed E-state index contributed by atoms with van der Waals surface area (Å²) in [5, 5.41) is 4.15. The number of benzene rings is 1. The molecule has 0 bridgehead atoms. The zero-order valence-electron chi connectivity index (χ0n) is 13.4. The number of fused-ring (bicyclic) bond motifs is 1. The Hall–Kier alpha value is -2.41. The Labute approximate surface area is 147 Å². The third-order valence-corrected chi connectivity index (χ3v) is 5.02. The van der Waals surface area contributed by atoms with Gasteiger partial charge in [0.25, 0.3) is 0 Å². The average molecular weight is 363 g/mol. The minimum atomic E-state index is -0.559. The van der Waals surface area contributed by atoms with Crippen molar-refractivity contribution in [2.45, 2.75) is 32.2 Å². The predicted octanol–water partition coefficient (Wildman–Crippen LogP) is 2.63. The van der Waals surface area contributed by atoms with Crippen molar-refractivity contribution in [3.63, 3.8) is 0 Å². The summed E-state index contributed by atoms with van der Waals surface area (Å²) in [6.45, 7) is 0.530. The molecule has 0 saturated heterocycles. The van der Waals surface area contributed by atoms with Crippen LogP contribution in [0.4, 0.5) is 4.39 Å². The molecule has 0 atom stereocenters. The van der Waals surface area contributed by atoms with Gasteiger partial charge in [-0.1, -0.05) is 24.4 Å². The van der Waals surface area contributed by atoms with E-state index in [9.17, 15) is 14.0 Å². The summed E-state index contributed by atoms with van der Waals surface area (Å²) in [6.07, 6.45) is 7.46. The van der Waals surface area contributed by atoms with E-state index in [1.54, 1.807) is 0 Å². The maximum atomic E-state index is 13.3. The second-order valence-electron chi connectivity index (χ2n) is 6.38. The Morgan fingerprint density at radius 1 is 1.20 bits per heavy atom. The zero-order chi connectivity index (χ0) is 17.6. The van der Waals surface area contributed by atoms with E-state index in [2.05, 4.69) is 5.10 Å². The monoisotopic (exact) mass is 362 g/mol. The highest BCUT2D eigenvalue weighted by atomic mass is 35.5. The minimum absolute atomic E-state index is 0.0472. The van der Waals surface area contributed by atoms with Crippen LogP contribution in [0, 0.1) is 11.7 Å². The van der Waals surface area contributed by atoms with Crippen molar-refractivity contribution in [3.8, 4) is 5.69 Å². The van der Waals surface area contributed by atoms with Crippen LogP contribution in [-0.4, -0.2) is 18.7 Å². The number of halogens is 2. The molecule has 0 radical (unpaired) electrons. The van der Waals surface area contributed by atoms with Crippen LogP contribution in [-0.2, 0) is 6.54 Å². The molecule has 1 fully saturated rings.